The molecular formula is C12H14BrNO2. The molecule has 4 heteroatoms. The van der Waals surface area contributed by atoms with E-state index in [-0.39, 0.29) is 5.97 Å². The molecule has 0 spiro atoms. The number of carbonyl (C=O) groups excluding carboxylic acids is 1. The van der Waals surface area contributed by atoms with E-state index in [1.165, 1.54) is 7.11 Å². The summed E-state index contributed by atoms with van der Waals surface area (Å²) in [6.45, 7) is 2.33. The van der Waals surface area contributed by atoms with E-state index in [1.54, 1.807) is 13.0 Å². The molecule has 1 rings (SSSR count). The summed E-state index contributed by atoms with van der Waals surface area (Å²) in [5.74, 6) is -0.294. The molecule has 0 saturated heterocycles. The smallest absolute Gasteiger partial charge is 0.333 e. The Hall–Kier alpha value is -1.29. The first-order valence-corrected chi connectivity index (χ1v) is 5.67. The lowest BCUT2D eigenvalue weighted by Crippen LogP contribution is -2.05. The van der Waals surface area contributed by atoms with Gasteiger partial charge in [-0.15, -0.1) is 0 Å². The summed E-state index contributed by atoms with van der Waals surface area (Å²) in [6.07, 6.45) is 1.80. The molecule has 0 aliphatic rings. The van der Waals surface area contributed by atoms with Crippen molar-refractivity contribution in [3.05, 3.63) is 40.4 Å². The first-order chi connectivity index (χ1) is 7.63. The van der Waals surface area contributed by atoms with Gasteiger partial charge in [0.15, 0.2) is 0 Å². The van der Waals surface area contributed by atoms with Crippen LogP contribution < -0.4 is 5.32 Å². The Morgan fingerprint density at radius 1 is 1.44 bits per heavy atom. The van der Waals surface area contributed by atoms with Crippen LogP contribution in [0.3, 0.4) is 0 Å². The van der Waals surface area contributed by atoms with E-state index < -0.39 is 0 Å². The van der Waals surface area contributed by atoms with Crippen LogP contribution in [0, 0.1) is 0 Å². The van der Waals surface area contributed by atoms with Gasteiger partial charge in [0, 0.05) is 22.3 Å². The van der Waals surface area contributed by atoms with Crippen LogP contribution in [0.4, 0.5) is 5.69 Å². The third-order valence-electron chi connectivity index (χ3n) is 2.07. The Bertz CT molecular complexity index is 385. The molecule has 0 atom stereocenters. The van der Waals surface area contributed by atoms with Gasteiger partial charge < -0.3 is 10.1 Å². The van der Waals surface area contributed by atoms with Gasteiger partial charge in [-0.3, -0.25) is 0 Å². The molecule has 0 aromatic heterocycles. The van der Waals surface area contributed by atoms with E-state index in [0.717, 1.165) is 10.2 Å². The van der Waals surface area contributed by atoms with E-state index in [2.05, 4.69) is 26.0 Å². The zero-order chi connectivity index (χ0) is 12.0. The standard InChI is InChI=1S/C12H14BrNO2/c1-9(12(15)16-2)7-8-14-11-5-3-10(13)4-6-11/h3-7,14H,8H2,1-2H3/b9-7+. The fraction of sp³-hybridized carbons (Fsp3) is 0.250. The van der Waals surface area contributed by atoms with Crippen molar-refractivity contribution >= 4 is 27.6 Å². The van der Waals surface area contributed by atoms with E-state index in [1.807, 2.05) is 24.3 Å². The highest BCUT2D eigenvalue weighted by Crippen LogP contribution is 2.13. The first kappa shape index (κ1) is 12.8. The summed E-state index contributed by atoms with van der Waals surface area (Å²) in [4.78, 5) is 11.1. The van der Waals surface area contributed by atoms with Crippen LogP contribution in [0.15, 0.2) is 40.4 Å². The number of halogens is 1. The summed E-state index contributed by atoms with van der Waals surface area (Å²) in [5.41, 5.74) is 1.62. The zero-order valence-corrected chi connectivity index (χ0v) is 10.9. The molecule has 0 amide bonds. The molecule has 1 aromatic carbocycles. The van der Waals surface area contributed by atoms with Gasteiger partial charge in [0.05, 0.1) is 7.11 Å². The van der Waals surface area contributed by atoms with Crippen LogP contribution in [0.5, 0.6) is 0 Å². The normalized spacial score (nSPS) is 11.1. The minimum absolute atomic E-state index is 0.294. The lowest BCUT2D eigenvalue weighted by molar-refractivity contribution is -0.136. The van der Waals surface area contributed by atoms with Crippen LogP contribution in [-0.2, 0) is 9.53 Å². The van der Waals surface area contributed by atoms with E-state index in [0.29, 0.717) is 12.1 Å². The second-order valence-corrected chi connectivity index (χ2v) is 4.18. The number of methoxy groups -OCH3 is 1. The van der Waals surface area contributed by atoms with E-state index in [9.17, 15) is 4.79 Å². The average Bonchev–Trinajstić information content (AvgIpc) is 2.30. The highest BCUT2D eigenvalue weighted by Gasteiger charge is 2.01. The zero-order valence-electron chi connectivity index (χ0n) is 9.29. The van der Waals surface area contributed by atoms with Gasteiger partial charge in [0.2, 0.25) is 0 Å². The Morgan fingerprint density at radius 3 is 2.62 bits per heavy atom. The molecule has 0 radical (unpaired) electrons. The average molecular weight is 284 g/mol. The fourth-order valence-electron chi connectivity index (χ4n) is 1.13. The molecule has 0 aliphatic heterocycles. The lowest BCUT2D eigenvalue weighted by Gasteiger charge is -2.04. The maximum Gasteiger partial charge on any atom is 0.333 e. The molecule has 1 aromatic rings. The second kappa shape index (κ2) is 6.33. The van der Waals surface area contributed by atoms with Crippen molar-refractivity contribution in [3.63, 3.8) is 0 Å². The van der Waals surface area contributed by atoms with Gasteiger partial charge in [0.25, 0.3) is 0 Å². The Morgan fingerprint density at radius 2 is 2.06 bits per heavy atom. The third-order valence-corrected chi connectivity index (χ3v) is 2.59. The number of benzene rings is 1. The van der Waals surface area contributed by atoms with Crippen LogP contribution in [0.2, 0.25) is 0 Å². The van der Waals surface area contributed by atoms with E-state index in [4.69, 9.17) is 0 Å². The third kappa shape index (κ3) is 4.06. The summed E-state index contributed by atoms with van der Waals surface area (Å²) < 4.78 is 5.63. The summed E-state index contributed by atoms with van der Waals surface area (Å²) in [6, 6.07) is 7.84. The molecule has 0 fully saturated rings. The Kier molecular flexibility index (Phi) is 5.05. The van der Waals surface area contributed by atoms with Gasteiger partial charge in [-0.1, -0.05) is 22.0 Å². The maximum atomic E-state index is 11.1. The molecule has 0 unspecified atom stereocenters. The van der Waals surface area contributed by atoms with Gasteiger partial charge in [-0.25, -0.2) is 4.79 Å². The van der Waals surface area contributed by atoms with Crippen molar-refractivity contribution in [1.29, 1.82) is 0 Å². The van der Waals surface area contributed by atoms with Crippen molar-refractivity contribution in [1.82, 2.24) is 0 Å². The molecule has 0 heterocycles. The van der Waals surface area contributed by atoms with Crippen molar-refractivity contribution in [2.24, 2.45) is 0 Å². The number of hydrogen-bond acceptors (Lipinski definition) is 3. The molecule has 0 aliphatic carbocycles. The van der Waals surface area contributed by atoms with Gasteiger partial charge in [0.1, 0.15) is 0 Å². The quantitative estimate of drug-likeness (QED) is 0.682. The molecule has 0 saturated carbocycles. The predicted octanol–water partition coefficient (Wildman–Crippen LogP) is 2.98. The molecule has 1 N–H and O–H groups in total. The largest absolute Gasteiger partial charge is 0.466 e. The topological polar surface area (TPSA) is 38.3 Å². The highest BCUT2D eigenvalue weighted by molar-refractivity contribution is 9.10. The van der Waals surface area contributed by atoms with Crippen LogP contribution >= 0.6 is 15.9 Å². The van der Waals surface area contributed by atoms with Crippen molar-refractivity contribution < 1.29 is 9.53 Å². The summed E-state index contributed by atoms with van der Waals surface area (Å²) in [5, 5.41) is 3.18. The number of nitrogens with one attached hydrogen (secondary N) is 1. The first-order valence-electron chi connectivity index (χ1n) is 4.88. The van der Waals surface area contributed by atoms with Gasteiger partial charge in [-0.2, -0.15) is 0 Å². The minimum Gasteiger partial charge on any atom is -0.466 e. The van der Waals surface area contributed by atoms with E-state index >= 15 is 0 Å². The number of hydrogen-bond donors (Lipinski definition) is 1. The second-order valence-electron chi connectivity index (χ2n) is 3.27. The molecule has 16 heavy (non-hydrogen) atoms. The van der Waals surface area contributed by atoms with Crippen LogP contribution in [0.25, 0.3) is 0 Å². The minimum atomic E-state index is -0.294. The number of esters is 1. The lowest BCUT2D eigenvalue weighted by atomic mass is 10.2. The number of anilines is 1. The molecular weight excluding hydrogens is 270 g/mol. The monoisotopic (exact) mass is 283 g/mol. The highest BCUT2D eigenvalue weighted by atomic mass is 79.9. The van der Waals surface area contributed by atoms with Crippen molar-refractivity contribution in [2.45, 2.75) is 6.92 Å². The number of ether oxygens (including phenoxy) is 1. The van der Waals surface area contributed by atoms with Crippen molar-refractivity contribution in [2.75, 3.05) is 19.0 Å². The number of rotatable bonds is 4. The predicted molar refractivity (Wildman–Crippen MR) is 68.4 cm³/mol. The maximum absolute atomic E-state index is 11.1. The molecule has 3 nitrogen and oxygen atoms in total. The van der Waals surface area contributed by atoms with Gasteiger partial charge in [-0.05, 0) is 31.2 Å². The SMILES string of the molecule is COC(=O)/C(C)=C/CNc1ccc(Br)cc1. The molecule has 86 valence electrons. The Balaban J connectivity index is 2.46. The van der Waals surface area contributed by atoms with Crippen LogP contribution in [-0.4, -0.2) is 19.6 Å². The summed E-state index contributed by atoms with van der Waals surface area (Å²) in [7, 11) is 1.38. The van der Waals surface area contributed by atoms with Crippen LogP contribution in [0.1, 0.15) is 6.92 Å². The summed E-state index contributed by atoms with van der Waals surface area (Å²) >= 11 is 3.36. The Labute approximate surface area is 104 Å². The molecule has 0 bridgehead atoms. The number of carbonyl (C=O) groups is 1. The van der Waals surface area contributed by atoms with Gasteiger partial charge >= 0.3 is 5.97 Å². The van der Waals surface area contributed by atoms with Crippen molar-refractivity contribution in [3.8, 4) is 0 Å². The fourth-order valence-corrected chi connectivity index (χ4v) is 1.40.